The monoisotopic (exact) mass is 248 g/mol. The first-order chi connectivity index (χ1) is 8.21. The van der Waals surface area contributed by atoms with E-state index >= 15 is 0 Å². The largest absolute Gasteiger partial charge is 0.352 e. The molecule has 0 bridgehead atoms. The lowest BCUT2D eigenvalue weighted by Crippen LogP contribution is -2.31. The fourth-order valence-corrected chi connectivity index (χ4v) is 2.13. The second kappa shape index (κ2) is 5.42. The van der Waals surface area contributed by atoms with E-state index in [1.807, 2.05) is 0 Å². The Morgan fingerprint density at radius 3 is 2.11 bits per heavy atom. The summed E-state index contributed by atoms with van der Waals surface area (Å²) >= 11 is 0. The molecule has 0 saturated carbocycles. The summed E-state index contributed by atoms with van der Waals surface area (Å²) in [5.74, 6) is 0. The molecule has 1 aromatic rings. The Morgan fingerprint density at radius 1 is 1.22 bits per heavy atom. The van der Waals surface area contributed by atoms with Crippen molar-refractivity contribution >= 4 is 6.03 Å². The Labute approximate surface area is 110 Å². The lowest BCUT2D eigenvalue weighted by molar-refractivity contribution is 0.249. The third-order valence-corrected chi connectivity index (χ3v) is 3.24. The molecule has 0 heterocycles. The highest BCUT2D eigenvalue weighted by Gasteiger charge is 2.16. The van der Waals surface area contributed by atoms with Gasteiger partial charge in [-0.2, -0.15) is 0 Å². The van der Waals surface area contributed by atoms with Crippen LogP contribution in [0, 0.1) is 13.8 Å². The van der Waals surface area contributed by atoms with Crippen molar-refractivity contribution in [2.24, 2.45) is 5.73 Å². The van der Waals surface area contributed by atoms with Gasteiger partial charge in [0.15, 0.2) is 0 Å². The van der Waals surface area contributed by atoms with Crippen molar-refractivity contribution in [3.63, 3.8) is 0 Å². The number of aryl methyl sites for hydroxylation is 2. The zero-order chi connectivity index (χ0) is 13.9. The fraction of sp³-hybridized carbons (Fsp3) is 0.533. The quantitative estimate of drug-likeness (QED) is 0.849. The highest BCUT2D eigenvalue weighted by molar-refractivity contribution is 5.71. The highest BCUT2D eigenvalue weighted by Crippen LogP contribution is 2.26. The van der Waals surface area contributed by atoms with Gasteiger partial charge in [0.05, 0.1) is 0 Å². The minimum absolute atomic E-state index is 0.166. The zero-order valence-electron chi connectivity index (χ0n) is 12.1. The van der Waals surface area contributed by atoms with Gasteiger partial charge in [-0.05, 0) is 47.9 Å². The minimum atomic E-state index is -0.461. The van der Waals surface area contributed by atoms with E-state index in [1.54, 1.807) is 0 Å². The maximum atomic E-state index is 10.7. The smallest absolute Gasteiger partial charge is 0.312 e. The molecule has 1 rings (SSSR count). The third kappa shape index (κ3) is 3.76. The van der Waals surface area contributed by atoms with Gasteiger partial charge in [0, 0.05) is 6.54 Å². The summed E-state index contributed by atoms with van der Waals surface area (Å²) in [6, 6.07) is 4.02. The first kappa shape index (κ1) is 14.6. The van der Waals surface area contributed by atoms with E-state index in [9.17, 15) is 4.79 Å². The molecule has 3 nitrogen and oxygen atoms in total. The number of benzene rings is 1. The Bertz CT molecular complexity index is 421. The number of amides is 2. The number of rotatable bonds is 3. The lowest BCUT2D eigenvalue weighted by Gasteiger charge is -2.22. The maximum absolute atomic E-state index is 10.7. The van der Waals surface area contributed by atoms with Crippen LogP contribution in [0.2, 0.25) is 0 Å². The van der Waals surface area contributed by atoms with E-state index in [0.29, 0.717) is 6.54 Å². The summed E-state index contributed by atoms with van der Waals surface area (Å²) in [5.41, 5.74) is 10.5. The molecule has 100 valence electrons. The molecular formula is C15H24N2O. The molecule has 0 aliphatic carbocycles. The summed E-state index contributed by atoms with van der Waals surface area (Å²) in [7, 11) is 0. The van der Waals surface area contributed by atoms with Gasteiger partial charge >= 0.3 is 6.03 Å². The van der Waals surface area contributed by atoms with Gasteiger partial charge in [0.1, 0.15) is 0 Å². The molecule has 0 fully saturated rings. The molecule has 18 heavy (non-hydrogen) atoms. The number of primary amides is 1. The van der Waals surface area contributed by atoms with E-state index in [4.69, 9.17) is 5.73 Å². The normalized spacial score (nSPS) is 11.4. The number of carbonyl (C=O) groups is 1. The predicted octanol–water partition coefficient (Wildman–Crippen LogP) is 2.81. The molecule has 3 N–H and O–H groups in total. The standard InChI is InChI=1S/C15H24N2O/c1-10-8-12(15(3,4)5)9-11(2)13(10)6-7-17-14(16)18/h8-9H,6-7H2,1-5H3,(H3,16,17,18). The third-order valence-electron chi connectivity index (χ3n) is 3.24. The van der Waals surface area contributed by atoms with Crippen LogP contribution in [0.1, 0.15) is 43.0 Å². The topological polar surface area (TPSA) is 55.1 Å². The Kier molecular flexibility index (Phi) is 4.38. The molecule has 0 saturated heterocycles. The van der Waals surface area contributed by atoms with E-state index < -0.39 is 6.03 Å². The van der Waals surface area contributed by atoms with Crippen LogP contribution in [-0.2, 0) is 11.8 Å². The van der Waals surface area contributed by atoms with Crippen LogP contribution < -0.4 is 11.1 Å². The molecule has 0 radical (unpaired) electrons. The minimum Gasteiger partial charge on any atom is -0.352 e. The van der Waals surface area contributed by atoms with Crippen LogP contribution in [0.5, 0.6) is 0 Å². The Balaban J connectivity index is 2.91. The molecule has 0 aliphatic heterocycles. The van der Waals surface area contributed by atoms with E-state index in [2.05, 4.69) is 52.1 Å². The van der Waals surface area contributed by atoms with E-state index in [-0.39, 0.29) is 5.41 Å². The second-order valence-electron chi connectivity index (χ2n) is 5.88. The number of nitrogens with two attached hydrogens (primary N) is 1. The van der Waals surface area contributed by atoms with Crippen molar-refractivity contribution in [3.8, 4) is 0 Å². The van der Waals surface area contributed by atoms with Crippen molar-refractivity contribution in [1.29, 1.82) is 0 Å². The summed E-state index contributed by atoms with van der Waals surface area (Å²) in [5, 5.41) is 2.63. The molecular weight excluding hydrogens is 224 g/mol. The van der Waals surface area contributed by atoms with Crippen LogP contribution in [0.25, 0.3) is 0 Å². The molecule has 3 heteroatoms. The molecule has 2 amide bonds. The second-order valence-corrected chi connectivity index (χ2v) is 5.88. The van der Waals surface area contributed by atoms with Crippen LogP contribution in [0.15, 0.2) is 12.1 Å². The van der Waals surface area contributed by atoms with Gasteiger partial charge < -0.3 is 11.1 Å². The number of hydrogen-bond acceptors (Lipinski definition) is 1. The van der Waals surface area contributed by atoms with Crippen molar-refractivity contribution in [2.75, 3.05) is 6.54 Å². The van der Waals surface area contributed by atoms with Crippen molar-refractivity contribution < 1.29 is 4.79 Å². The average Bonchev–Trinajstić information content (AvgIpc) is 2.20. The van der Waals surface area contributed by atoms with Crippen LogP contribution >= 0.6 is 0 Å². The maximum Gasteiger partial charge on any atom is 0.312 e. The zero-order valence-corrected chi connectivity index (χ0v) is 12.1. The van der Waals surface area contributed by atoms with Crippen LogP contribution in [0.3, 0.4) is 0 Å². The Morgan fingerprint density at radius 2 is 1.72 bits per heavy atom. The summed E-state index contributed by atoms with van der Waals surface area (Å²) in [6.45, 7) is 11.5. The summed E-state index contributed by atoms with van der Waals surface area (Å²) in [6.07, 6.45) is 0.824. The van der Waals surface area contributed by atoms with Crippen molar-refractivity contribution in [2.45, 2.75) is 46.5 Å². The number of urea groups is 1. The fourth-order valence-electron chi connectivity index (χ4n) is 2.13. The van der Waals surface area contributed by atoms with E-state index in [0.717, 1.165) is 6.42 Å². The number of carbonyl (C=O) groups excluding carboxylic acids is 1. The predicted molar refractivity (Wildman–Crippen MR) is 75.9 cm³/mol. The molecule has 0 spiro atoms. The first-order valence-electron chi connectivity index (χ1n) is 6.35. The molecule has 0 atom stereocenters. The summed E-state index contributed by atoms with van der Waals surface area (Å²) < 4.78 is 0. The molecule has 0 unspecified atom stereocenters. The van der Waals surface area contributed by atoms with Crippen molar-refractivity contribution in [3.05, 3.63) is 34.4 Å². The molecule has 0 aromatic heterocycles. The van der Waals surface area contributed by atoms with Gasteiger partial charge in [-0.3, -0.25) is 0 Å². The van der Waals surface area contributed by atoms with Gasteiger partial charge in [0.25, 0.3) is 0 Å². The lowest BCUT2D eigenvalue weighted by atomic mass is 9.83. The van der Waals surface area contributed by atoms with Gasteiger partial charge in [-0.15, -0.1) is 0 Å². The first-order valence-corrected chi connectivity index (χ1v) is 6.35. The van der Waals surface area contributed by atoms with Gasteiger partial charge in [-0.1, -0.05) is 32.9 Å². The number of nitrogens with one attached hydrogen (secondary N) is 1. The van der Waals surface area contributed by atoms with Crippen LogP contribution in [0.4, 0.5) is 4.79 Å². The van der Waals surface area contributed by atoms with Gasteiger partial charge in [-0.25, -0.2) is 4.79 Å². The van der Waals surface area contributed by atoms with E-state index in [1.165, 1.54) is 22.3 Å². The summed E-state index contributed by atoms with van der Waals surface area (Å²) in [4.78, 5) is 10.7. The molecule has 1 aromatic carbocycles. The SMILES string of the molecule is Cc1cc(C(C)(C)C)cc(C)c1CCNC(N)=O. The highest BCUT2D eigenvalue weighted by atomic mass is 16.2. The Hall–Kier alpha value is -1.51. The van der Waals surface area contributed by atoms with Crippen molar-refractivity contribution in [1.82, 2.24) is 5.32 Å². The number of hydrogen-bond donors (Lipinski definition) is 2. The van der Waals surface area contributed by atoms with Gasteiger partial charge in [0.2, 0.25) is 0 Å². The average molecular weight is 248 g/mol. The molecule has 0 aliphatic rings. The van der Waals surface area contributed by atoms with Crippen LogP contribution in [-0.4, -0.2) is 12.6 Å².